The van der Waals surface area contributed by atoms with Crippen LogP contribution in [0.25, 0.3) is 0 Å². The molecule has 0 N–H and O–H groups in total. The lowest BCUT2D eigenvalue weighted by atomic mass is 10.1. The number of imidazole rings is 1. The highest BCUT2D eigenvalue weighted by Gasteiger charge is 2.16. The van der Waals surface area contributed by atoms with Crippen molar-refractivity contribution in [3.63, 3.8) is 0 Å². The fourth-order valence-corrected chi connectivity index (χ4v) is 3.87. The maximum Gasteiger partial charge on any atom is 0.120 e. The average Bonchev–Trinajstić information content (AvgIpc) is 3.09. The van der Waals surface area contributed by atoms with Gasteiger partial charge >= 0.3 is 0 Å². The Morgan fingerprint density at radius 1 is 1.08 bits per heavy atom. The van der Waals surface area contributed by atoms with E-state index in [1.165, 1.54) is 10.5 Å². The van der Waals surface area contributed by atoms with Gasteiger partial charge in [0.05, 0.1) is 11.6 Å². The fourth-order valence-electron chi connectivity index (χ4n) is 2.58. The molecule has 3 nitrogen and oxygen atoms in total. The van der Waals surface area contributed by atoms with Gasteiger partial charge in [-0.3, -0.25) is 0 Å². The highest BCUT2D eigenvalue weighted by atomic mass is 35.5. The summed E-state index contributed by atoms with van der Waals surface area (Å²) in [6.07, 6.45) is 5.66. The molecule has 0 saturated carbocycles. The quantitative estimate of drug-likeness (QED) is 0.468. The summed E-state index contributed by atoms with van der Waals surface area (Å²) in [5.74, 6) is 0.888. The van der Waals surface area contributed by atoms with Gasteiger partial charge in [0, 0.05) is 28.9 Å². The largest absolute Gasteiger partial charge is 0.488 e. The normalized spacial score (nSPS) is 12.8. The van der Waals surface area contributed by atoms with E-state index < -0.39 is 0 Å². The number of halogens is 1. The molecule has 0 aliphatic rings. The van der Waals surface area contributed by atoms with Gasteiger partial charge in [-0.2, -0.15) is 0 Å². The number of thioether (sulfide) groups is 1. The lowest BCUT2D eigenvalue weighted by Gasteiger charge is -2.22. The van der Waals surface area contributed by atoms with Crippen LogP contribution < -0.4 is 4.74 Å². The third-order valence-electron chi connectivity index (χ3n) is 3.70. The van der Waals surface area contributed by atoms with Gasteiger partial charge in [-0.25, -0.2) is 4.98 Å². The van der Waals surface area contributed by atoms with Crippen LogP contribution in [0.15, 0.2) is 72.1 Å². The first-order valence-corrected chi connectivity index (χ1v) is 9.82. The molecule has 0 fully saturated rings. The van der Waals surface area contributed by atoms with Crippen LogP contribution in [0, 0.1) is 0 Å². The number of ether oxygens (including phenoxy) is 1. The van der Waals surface area contributed by atoms with Crippen LogP contribution in [0.1, 0.15) is 31.6 Å². The van der Waals surface area contributed by atoms with Crippen molar-refractivity contribution in [2.75, 3.05) is 0 Å². The van der Waals surface area contributed by atoms with E-state index in [1.54, 1.807) is 0 Å². The molecule has 2 aromatic carbocycles. The smallest absolute Gasteiger partial charge is 0.120 e. The van der Waals surface area contributed by atoms with Crippen molar-refractivity contribution in [2.24, 2.45) is 0 Å². The lowest BCUT2D eigenvalue weighted by Crippen LogP contribution is -2.22. The summed E-state index contributed by atoms with van der Waals surface area (Å²) in [6.45, 7) is 7.00. The molecule has 1 atom stereocenters. The molecule has 0 aliphatic carbocycles. The third-order valence-corrected chi connectivity index (χ3v) is 5.21. The predicted molar refractivity (Wildman–Crippen MR) is 109 cm³/mol. The van der Waals surface area contributed by atoms with Crippen molar-refractivity contribution in [1.82, 2.24) is 9.55 Å². The van der Waals surface area contributed by atoms with Crippen LogP contribution in [-0.2, 0) is 6.54 Å². The van der Waals surface area contributed by atoms with Gasteiger partial charge in [-0.1, -0.05) is 23.7 Å². The van der Waals surface area contributed by atoms with Gasteiger partial charge in [0.15, 0.2) is 0 Å². The monoisotopic (exact) mass is 386 g/mol. The number of rotatable bonds is 6. The molecule has 26 heavy (non-hydrogen) atoms. The molecule has 1 aromatic heterocycles. The molecule has 1 unspecified atom stereocenters. The second-order valence-corrected chi connectivity index (χ2v) is 8.82. The van der Waals surface area contributed by atoms with E-state index in [0.29, 0.717) is 0 Å². The molecular weight excluding hydrogens is 364 g/mol. The number of hydrogen-bond acceptors (Lipinski definition) is 3. The van der Waals surface area contributed by atoms with Crippen LogP contribution in [0.4, 0.5) is 0 Å². The number of aromatic nitrogens is 2. The maximum absolute atomic E-state index is 6.01. The molecule has 0 spiro atoms. The zero-order valence-electron chi connectivity index (χ0n) is 15.2. The summed E-state index contributed by atoms with van der Waals surface area (Å²) in [6, 6.07) is 16.4. The minimum absolute atomic E-state index is 0.199. The summed E-state index contributed by atoms with van der Waals surface area (Å²) in [7, 11) is 0. The Kier molecular flexibility index (Phi) is 5.94. The fraction of sp³-hybridized carbons (Fsp3) is 0.286. The van der Waals surface area contributed by atoms with Crippen LogP contribution in [0.2, 0.25) is 5.02 Å². The first kappa shape index (κ1) is 18.9. The van der Waals surface area contributed by atoms with Gasteiger partial charge in [0.25, 0.3) is 0 Å². The molecule has 5 heteroatoms. The van der Waals surface area contributed by atoms with E-state index in [4.69, 9.17) is 16.3 Å². The minimum Gasteiger partial charge on any atom is -0.488 e. The Hall–Kier alpha value is -1.91. The van der Waals surface area contributed by atoms with E-state index in [9.17, 15) is 0 Å². The van der Waals surface area contributed by atoms with Crippen molar-refractivity contribution in [2.45, 2.75) is 43.1 Å². The van der Waals surface area contributed by atoms with Crippen LogP contribution in [0.5, 0.6) is 5.75 Å². The third kappa shape index (κ3) is 5.55. The predicted octanol–water partition coefficient (Wildman–Crippen LogP) is 6.25. The van der Waals surface area contributed by atoms with E-state index in [1.807, 2.05) is 54.7 Å². The van der Waals surface area contributed by atoms with Gasteiger partial charge in [0.1, 0.15) is 11.4 Å². The van der Waals surface area contributed by atoms with Crippen molar-refractivity contribution < 1.29 is 4.74 Å². The number of hydrogen-bond donors (Lipinski definition) is 0. The summed E-state index contributed by atoms with van der Waals surface area (Å²) in [4.78, 5) is 5.35. The zero-order chi connectivity index (χ0) is 18.6. The van der Waals surface area contributed by atoms with Gasteiger partial charge in [-0.15, -0.1) is 11.8 Å². The van der Waals surface area contributed by atoms with Gasteiger partial charge < -0.3 is 9.30 Å². The Balaban J connectivity index is 1.81. The van der Waals surface area contributed by atoms with E-state index in [2.05, 4.69) is 54.6 Å². The average molecular weight is 387 g/mol. The number of benzene rings is 2. The van der Waals surface area contributed by atoms with Gasteiger partial charge in [0.2, 0.25) is 0 Å². The summed E-state index contributed by atoms with van der Waals surface area (Å²) < 4.78 is 8.04. The molecule has 3 aromatic rings. The van der Waals surface area contributed by atoms with Gasteiger partial charge in [-0.05, 0) is 62.7 Å². The zero-order valence-corrected chi connectivity index (χ0v) is 16.8. The molecular formula is C21H23ClN2OS. The molecule has 0 saturated heterocycles. The first-order valence-electron chi connectivity index (χ1n) is 8.56. The highest BCUT2D eigenvalue weighted by Crippen LogP contribution is 2.37. The molecule has 3 rings (SSSR count). The molecule has 0 amide bonds. The molecule has 1 heterocycles. The second-order valence-electron chi connectivity index (χ2n) is 7.10. The van der Waals surface area contributed by atoms with Crippen molar-refractivity contribution in [1.29, 1.82) is 0 Å². The topological polar surface area (TPSA) is 27.1 Å². The van der Waals surface area contributed by atoms with Crippen molar-refractivity contribution >= 4 is 23.4 Å². The highest BCUT2D eigenvalue weighted by molar-refractivity contribution is 7.99. The van der Waals surface area contributed by atoms with Crippen molar-refractivity contribution in [3.05, 3.63) is 77.8 Å². The standard InChI is InChI=1S/C21H23ClN2OS/c1-21(2,3)25-18-8-4-16(5-9-18)20(14-24-13-12-23-15-24)26-19-10-6-17(22)7-11-19/h4-13,15,20H,14H2,1-3H3. The molecule has 0 aliphatic heterocycles. The summed E-state index contributed by atoms with van der Waals surface area (Å²) >= 11 is 7.83. The SMILES string of the molecule is CC(C)(C)Oc1ccc(C(Cn2ccnc2)Sc2ccc(Cl)cc2)cc1. The second kappa shape index (κ2) is 8.19. The summed E-state index contributed by atoms with van der Waals surface area (Å²) in [5, 5.41) is 1.01. The number of nitrogens with zero attached hydrogens (tertiary/aromatic N) is 2. The molecule has 0 bridgehead atoms. The lowest BCUT2D eigenvalue weighted by molar-refractivity contribution is 0.131. The summed E-state index contributed by atoms with van der Waals surface area (Å²) in [5.41, 5.74) is 1.05. The minimum atomic E-state index is -0.199. The van der Waals surface area contributed by atoms with Crippen LogP contribution >= 0.6 is 23.4 Å². The van der Waals surface area contributed by atoms with E-state index in [0.717, 1.165) is 17.3 Å². The molecule has 136 valence electrons. The molecule has 0 radical (unpaired) electrons. The Bertz CT molecular complexity index is 809. The van der Waals surface area contributed by atoms with Crippen molar-refractivity contribution in [3.8, 4) is 5.75 Å². The Morgan fingerprint density at radius 3 is 2.35 bits per heavy atom. The first-order chi connectivity index (χ1) is 12.4. The van der Waals surface area contributed by atoms with E-state index in [-0.39, 0.29) is 10.9 Å². The van der Waals surface area contributed by atoms with Crippen LogP contribution in [0.3, 0.4) is 0 Å². The Morgan fingerprint density at radius 2 is 1.77 bits per heavy atom. The van der Waals surface area contributed by atoms with E-state index >= 15 is 0 Å². The van der Waals surface area contributed by atoms with Crippen LogP contribution in [-0.4, -0.2) is 15.2 Å². The Labute approximate surface area is 164 Å². The maximum atomic E-state index is 6.01.